The number of ether oxygens (including phenoxy) is 1. The summed E-state index contributed by atoms with van der Waals surface area (Å²) in [5.74, 6) is -0.0637. The molecule has 474 valence electrons. The van der Waals surface area contributed by atoms with Crippen LogP contribution in [-0.2, 0) is 14.3 Å². The zero-order valence-corrected chi connectivity index (χ0v) is 54.3. The molecule has 3 N–H and O–H groups in total. The van der Waals surface area contributed by atoms with Gasteiger partial charge in [-0.1, -0.05) is 366 Å². The van der Waals surface area contributed by atoms with Gasteiger partial charge in [-0.25, -0.2) is 0 Å². The molecule has 0 bridgehead atoms. The van der Waals surface area contributed by atoms with Crippen LogP contribution < -0.4 is 5.32 Å². The van der Waals surface area contributed by atoms with E-state index >= 15 is 0 Å². The Morgan fingerprint density at radius 2 is 0.588 bits per heavy atom. The number of nitrogens with one attached hydrogen (secondary N) is 1. The molecular formula is C74H143NO5. The van der Waals surface area contributed by atoms with Gasteiger partial charge in [-0.05, 0) is 57.8 Å². The number of hydrogen-bond donors (Lipinski definition) is 3. The van der Waals surface area contributed by atoms with Crippen LogP contribution in [0.3, 0.4) is 0 Å². The highest BCUT2D eigenvalue weighted by atomic mass is 16.5. The molecule has 80 heavy (non-hydrogen) atoms. The number of esters is 1. The fourth-order valence-corrected chi connectivity index (χ4v) is 11.6. The third kappa shape index (κ3) is 65.5. The maximum absolute atomic E-state index is 12.5. The molecule has 0 rings (SSSR count). The lowest BCUT2D eigenvalue weighted by Crippen LogP contribution is -2.45. The molecule has 0 aliphatic heterocycles. The summed E-state index contributed by atoms with van der Waals surface area (Å²) in [5, 5.41) is 23.3. The summed E-state index contributed by atoms with van der Waals surface area (Å²) in [6, 6.07) is -0.637. The molecule has 6 heteroatoms. The molecular weight excluding hydrogens is 983 g/mol. The van der Waals surface area contributed by atoms with Crippen molar-refractivity contribution in [3.8, 4) is 0 Å². The number of carbonyl (C=O) groups excluding carboxylic acids is 2. The van der Waals surface area contributed by atoms with Crippen molar-refractivity contribution >= 4 is 11.9 Å². The van der Waals surface area contributed by atoms with Crippen LogP contribution >= 0.6 is 0 Å². The van der Waals surface area contributed by atoms with Crippen molar-refractivity contribution < 1.29 is 24.5 Å². The SMILES string of the molecule is CCCCCCCCCCCCCCCCCCCCCCCCC/C=C/C(O)C(CO)NC(=O)CCCCCCCCC/C=C\CCCCCCCCCCOC(=O)CCCCCCCCCCCCCCCCCCCCC. The minimum absolute atomic E-state index is 0.00913. The zero-order valence-electron chi connectivity index (χ0n) is 54.3. The van der Waals surface area contributed by atoms with Crippen molar-refractivity contribution in [3.63, 3.8) is 0 Å². The summed E-state index contributed by atoms with van der Waals surface area (Å²) >= 11 is 0. The molecule has 0 heterocycles. The summed E-state index contributed by atoms with van der Waals surface area (Å²) in [7, 11) is 0. The molecule has 2 atom stereocenters. The van der Waals surface area contributed by atoms with E-state index in [2.05, 4.69) is 31.3 Å². The van der Waals surface area contributed by atoms with Crippen molar-refractivity contribution in [1.29, 1.82) is 0 Å². The Morgan fingerprint density at radius 3 is 0.887 bits per heavy atom. The number of rotatable bonds is 69. The summed E-state index contributed by atoms with van der Waals surface area (Å²) in [4.78, 5) is 24.7. The molecule has 0 aliphatic rings. The fourth-order valence-electron chi connectivity index (χ4n) is 11.6. The smallest absolute Gasteiger partial charge is 0.305 e. The number of aliphatic hydroxyl groups excluding tert-OH is 2. The standard InChI is InChI=1S/C74H143NO5/c1-3-5-7-9-11-13-15-17-19-21-23-24-25-26-27-28-31-34-38-42-46-50-54-58-62-66-72(77)71(70-76)75-73(78)67-63-59-55-51-47-43-39-35-32-29-33-37-41-45-49-53-57-61-65-69-80-74(79)68-64-60-56-52-48-44-40-36-30-22-20-18-16-14-12-10-8-6-4-2/h29,32,62,66,71-72,76-77H,3-28,30-31,33-61,63-65,67-70H2,1-2H3,(H,75,78)/b32-29-,66-62+. The summed E-state index contributed by atoms with van der Waals surface area (Å²) in [6.07, 6.45) is 88.3. The lowest BCUT2D eigenvalue weighted by atomic mass is 10.0. The van der Waals surface area contributed by atoms with E-state index in [9.17, 15) is 19.8 Å². The molecule has 0 saturated heterocycles. The van der Waals surface area contributed by atoms with Crippen molar-refractivity contribution in [1.82, 2.24) is 5.32 Å². The van der Waals surface area contributed by atoms with Crippen LogP contribution in [0.4, 0.5) is 0 Å². The van der Waals surface area contributed by atoms with Gasteiger partial charge in [0.1, 0.15) is 0 Å². The largest absolute Gasteiger partial charge is 0.466 e. The van der Waals surface area contributed by atoms with E-state index in [1.54, 1.807) is 6.08 Å². The van der Waals surface area contributed by atoms with E-state index in [4.69, 9.17) is 4.74 Å². The van der Waals surface area contributed by atoms with E-state index in [0.29, 0.717) is 19.4 Å². The van der Waals surface area contributed by atoms with Crippen molar-refractivity contribution in [2.24, 2.45) is 0 Å². The van der Waals surface area contributed by atoms with Gasteiger partial charge < -0.3 is 20.3 Å². The van der Waals surface area contributed by atoms with Crippen LogP contribution in [0.5, 0.6) is 0 Å². The summed E-state index contributed by atoms with van der Waals surface area (Å²) in [6.45, 7) is 4.94. The Labute approximate surface area is 501 Å². The molecule has 0 aromatic heterocycles. The summed E-state index contributed by atoms with van der Waals surface area (Å²) < 4.78 is 5.51. The highest BCUT2D eigenvalue weighted by molar-refractivity contribution is 5.76. The maximum Gasteiger partial charge on any atom is 0.305 e. The highest BCUT2D eigenvalue weighted by Gasteiger charge is 2.18. The topological polar surface area (TPSA) is 95.9 Å². The van der Waals surface area contributed by atoms with Crippen LogP contribution in [-0.4, -0.2) is 47.4 Å². The van der Waals surface area contributed by atoms with Gasteiger partial charge in [0.15, 0.2) is 0 Å². The number of unbranched alkanes of at least 4 members (excludes halogenated alkanes) is 56. The van der Waals surface area contributed by atoms with Crippen LogP contribution in [0, 0.1) is 0 Å². The van der Waals surface area contributed by atoms with Gasteiger partial charge in [0.05, 0.1) is 25.4 Å². The van der Waals surface area contributed by atoms with Crippen molar-refractivity contribution in [3.05, 3.63) is 24.3 Å². The van der Waals surface area contributed by atoms with E-state index < -0.39 is 12.1 Å². The van der Waals surface area contributed by atoms with Gasteiger partial charge in [-0.3, -0.25) is 9.59 Å². The molecule has 2 unspecified atom stereocenters. The molecule has 0 spiro atoms. The van der Waals surface area contributed by atoms with E-state index in [1.165, 1.54) is 340 Å². The Balaban J connectivity index is 3.44. The van der Waals surface area contributed by atoms with E-state index in [-0.39, 0.29) is 18.5 Å². The molecule has 0 aromatic carbocycles. The Bertz CT molecular complexity index is 1250. The third-order valence-electron chi connectivity index (χ3n) is 17.2. The third-order valence-corrected chi connectivity index (χ3v) is 17.2. The molecule has 1 amide bonds. The Kier molecular flexibility index (Phi) is 68.4. The van der Waals surface area contributed by atoms with Gasteiger partial charge >= 0.3 is 5.97 Å². The second-order valence-electron chi connectivity index (χ2n) is 25.3. The first-order valence-electron chi connectivity index (χ1n) is 36.6. The maximum atomic E-state index is 12.5. The van der Waals surface area contributed by atoms with Gasteiger partial charge in [0.25, 0.3) is 0 Å². The van der Waals surface area contributed by atoms with Crippen LogP contribution in [0.1, 0.15) is 412 Å². The highest BCUT2D eigenvalue weighted by Crippen LogP contribution is 2.19. The van der Waals surface area contributed by atoms with Gasteiger partial charge in [-0.15, -0.1) is 0 Å². The number of hydrogen-bond acceptors (Lipinski definition) is 5. The quantitative estimate of drug-likeness (QED) is 0.0320. The van der Waals surface area contributed by atoms with Crippen molar-refractivity contribution in [2.75, 3.05) is 13.2 Å². The lowest BCUT2D eigenvalue weighted by molar-refractivity contribution is -0.143. The zero-order chi connectivity index (χ0) is 57.8. The average molecular weight is 1130 g/mol. The average Bonchev–Trinajstić information content (AvgIpc) is 3.46. The van der Waals surface area contributed by atoms with E-state index in [0.717, 1.165) is 44.9 Å². The first-order chi connectivity index (χ1) is 39.5. The lowest BCUT2D eigenvalue weighted by Gasteiger charge is -2.20. The predicted molar refractivity (Wildman–Crippen MR) is 352 cm³/mol. The number of carbonyl (C=O) groups is 2. The molecule has 0 aromatic rings. The first kappa shape index (κ1) is 78.3. The summed E-state index contributed by atoms with van der Waals surface area (Å²) in [5.41, 5.74) is 0. The minimum atomic E-state index is -0.852. The normalized spacial score (nSPS) is 12.6. The molecule has 0 radical (unpaired) electrons. The monoisotopic (exact) mass is 1130 g/mol. The van der Waals surface area contributed by atoms with Gasteiger partial charge in [0, 0.05) is 12.8 Å². The molecule has 0 saturated carbocycles. The number of aliphatic hydroxyl groups is 2. The number of allylic oxidation sites excluding steroid dienone is 3. The predicted octanol–water partition coefficient (Wildman–Crippen LogP) is 23.7. The number of amides is 1. The van der Waals surface area contributed by atoms with Crippen LogP contribution in [0.15, 0.2) is 24.3 Å². The first-order valence-corrected chi connectivity index (χ1v) is 36.6. The van der Waals surface area contributed by atoms with Crippen molar-refractivity contribution in [2.45, 2.75) is 424 Å². The van der Waals surface area contributed by atoms with Gasteiger partial charge in [-0.2, -0.15) is 0 Å². The second-order valence-corrected chi connectivity index (χ2v) is 25.3. The molecule has 0 fully saturated rings. The second kappa shape index (κ2) is 69.8. The van der Waals surface area contributed by atoms with Crippen LogP contribution in [0.2, 0.25) is 0 Å². The van der Waals surface area contributed by atoms with Crippen LogP contribution in [0.25, 0.3) is 0 Å². The molecule has 6 nitrogen and oxygen atoms in total. The Morgan fingerprint density at radius 1 is 0.338 bits per heavy atom. The minimum Gasteiger partial charge on any atom is -0.466 e. The van der Waals surface area contributed by atoms with E-state index in [1.807, 2.05) is 6.08 Å². The Hall–Kier alpha value is -1.66. The molecule has 0 aliphatic carbocycles. The fraction of sp³-hybridized carbons (Fsp3) is 0.919. The van der Waals surface area contributed by atoms with Gasteiger partial charge in [0.2, 0.25) is 5.91 Å².